The minimum Gasteiger partial charge on any atom is -0.496 e. The highest BCUT2D eigenvalue weighted by molar-refractivity contribution is 6.32. The Hall–Kier alpha value is -2.99. The zero-order valence-corrected chi connectivity index (χ0v) is 16.7. The average Bonchev–Trinajstić information content (AvgIpc) is 2.99. The molecule has 1 heterocycles. The van der Waals surface area contributed by atoms with Crippen molar-refractivity contribution in [3.8, 4) is 17.2 Å². The SMILES string of the molecule is C=C(/C=C\C(=C/C)c1cc2c(cc1Cl)OC(F)(F)O2)NCc1ccccc1OC. The molecule has 3 rings (SSSR count). The van der Waals surface area contributed by atoms with Crippen LogP contribution in [-0.4, -0.2) is 13.4 Å². The molecule has 0 unspecified atom stereocenters. The maximum atomic E-state index is 13.3. The summed E-state index contributed by atoms with van der Waals surface area (Å²) in [5.41, 5.74) is 2.93. The summed E-state index contributed by atoms with van der Waals surface area (Å²) >= 11 is 6.26. The van der Waals surface area contributed by atoms with E-state index in [4.69, 9.17) is 16.3 Å². The highest BCUT2D eigenvalue weighted by atomic mass is 35.5. The monoisotopic (exact) mass is 419 g/mol. The number of methoxy groups -OCH3 is 1. The van der Waals surface area contributed by atoms with Crippen LogP contribution in [0.5, 0.6) is 17.2 Å². The van der Waals surface area contributed by atoms with E-state index < -0.39 is 6.29 Å². The van der Waals surface area contributed by atoms with Crippen LogP contribution in [0.2, 0.25) is 5.02 Å². The van der Waals surface area contributed by atoms with E-state index in [1.165, 1.54) is 12.1 Å². The standard InChI is InChI=1S/C22H20ClF2NO3/c1-4-15(17-11-20-21(12-18(17)23)29-22(24,25)28-20)10-9-14(2)26-13-16-7-5-6-8-19(16)27-3/h4-12,26H,2,13H2,1,3H3/b10-9-,15-4+. The van der Waals surface area contributed by atoms with Gasteiger partial charge in [0.2, 0.25) is 0 Å². The fourth-order valence-electron chi connectivity index (χ4n) is 2.84. The zero-order chi connectivity index (χ0) is 21.0. The van der Waals surface area contributed by atoms with Gasteiger partial charge in [0, 0.05) is 29.4 Å². The molecule has 1 N–H and O–H groups in total. The highest BCUT2D eigenvalue weighted by Crippen LogP contribution is 2.45. The Morgan fingerprint density at radius 3 is 2.59 bits per heavy atom. The van der Waals surface area contributed by atoms with Crippen LogP contribution in [0.25, 0.3) is 5.57 Å². The number of hydrogen-bond acceptors (Lipinski definition) is 4. The number of rotatable bonds is 7. The first kappa shape index (κ1) is 20.7. The molecular formula is C22H20ClF2NO3. The maximum Gasteiger partial charge on any atom is 0.586 e. The van der Waals surface area contributed by atoms with Crippen LogP contribution in [0, 0.1) is 0 Å². The molecule has 0 saturated heterocycles. The number of allylic oxidation sites excluding steroid dienone is 4. The highest BCUT2D eigenvalue weighted by Gasteiger charge is 2.43. The molecule has 4 nitrogen and oxygen atoms in total. The van der Waals surface area contributed by atoms with Crippen LogP contribution in [0.4, 0.5) is 8.78 Å². The van der Waals surface area contributed by atoms with Crippen molar-refractivity contribution in [1.29, 1.82) is 0 Å². The first-order valence-electron chi connectivity index (χ1n) is 8.82. The summed E-state index contributed by atoms with van der Waals surface area (Å²) in [5, 5.41) is 3.48. The van der Waals surface area contributed by atoms with Gasteiger partial charge in [-0.1, -0.05) is 48.5 Å². The molecule has 0 bridgehead atoms. The lowest BCUT2D eigenvalue weighted by molar-refractivity contribution is -0.286. The zero-order valence-electron chi connectivity index (χ0n) is 16.0. The second-order valence-electron chi connectivity index (χ2n) is 6.21. The second kappa shape index (κ2) is 8.57. The summed E-state index contributed by atoms with van der Waals surface area (Å²) < 4.78 is 40.8. The normalized spacial score (nSPS) is 14.9. The number of benzene rings is 2. The Morgan fingerprint density at radius 1 is 1.21 bits per heavy atom. The number of nitrogens with one attached hydrogen (secondary N) is 1. The van der Waals surface area contributed by atoms with Crippen molar-refractivity contribution in [3.63, 3.8) is 0 Å². The van der Waals surface area contributed by atoms with Crippen LogP contribution in [0.3, 0.4) is 0 Å². The van der Waals surface area contributed by atoms with Crippen molar-refractivity contribution in [3.05, 3.63) is 83.1 Å². The van der Waals surface area contributed by atoms with Crippen molar-refractivity contribution in [1.82, 2.24) is 5.32 Å². The summed E-state index contributed by atoms with van der Waals surface area (Å²) in [7, 11) is 1.62. The summed E-state index contributed by atoms with van der Waals surface area (Å²) in [6.45, 7) is 6.34. The molecule has 1 aliphatic rings. The molecule has 0 saturated carbocycles. The molecular weight excluding hydrogens is 400 g/mol. The minimum atomic E-state index is -3.69. The van der Waals surface area contributed by atoms with E-state index in [0.29, 0.717) is 17.8 Å². The van der Waals surface area contributed by atoms with Gasteiger partial charge in [-0.3, -0.25) is 0 Å². The molecule has 152 valence electrons. The number of alkyl halides is 2. The third-order valence-corrected chi connectivity index (χ3v) is 4.59. The predicted octanol–water partition coefficient (Wildman–Crippen LogP) is 5.93. The van der Waals surface area contributed by atoms with Crippen molar-refractivity contribution in [2.24, 2.45) is 0 Å². The molecule has 2 aromatic rings. The molecule has 0 fully saturated rings. The smallest absolute Gasteiger partial charge is 0.496 e. The van der Waals surface area contributed by atoms with Gasteiger partial charge in [0.05, 0.1) is 12.1 Å². The molecule has 0 aromatic heterocycles. The van der Waals surface area contributed by atoms with Crippen molar-refractivity contribution in [2.75, 3.05) is 7.11 Å². The lowest BCUT2D eigenvalue weighted by Gasteiger charge is -2.11. The lowest BCUT2D eigenvalue weighted by Crippen LogP contribution is -2.25. The van der Waals surface area contributed by atoms with Gasteiger partial charge >= 0.3 is 6.29 Å². The van der Waals surface area contributed by atoms with E-state index in [9.17, 15) is 8.78 Å². The van der Waals surface area contributed by atoms with E-state index in [1.54, 1.807) is 19.3 Å². The van der Waals surface area contributed by atoms with Gasteiger partial charge < -0.3 is 19.5 Å². The Morgan fingerprint density at radius 2 is 1.90 bits per heavy atom. The average molecular weight is 420 g/mol. The van der Waals surface area contributed by atoms with Crippen LogP contribution >= 0.6 is 11.6 Å². The number of fused-ring (bicyclic) bond motifs is 1. The molecule has 29 heavy (non-hydrogen) atoms. The second-order valence-corrected chi connectivity index (χ2v) is 6.62. The molecule has 0 atom stereocenters. The third-order valence-electron chi connectivity index (χ3n) is 4.28. The fraction of sp³-hybridized carbons (Fsp3) is 0.182. The summed E-state index contributed by atoms with van der Waals surface area (Å²) in [6, 6.07) is 10.4. The van der Waals surface area contributed by atoms with E-state index in [2.05, 4.69) is 21.4 Å². The Balaban J connectivity index is 1.70. The molecule has 0 aliphatic carbocycles. The summed E-state index contributed by atoms with van der Waals surface area (Å²) in [5.74, 6) is 0.635. The molecule has 2 aromatic carbocycles. The number of halogens is 3. The molecule has 0 radical (unpaired) electrons. The third kappa shape index (κ3) is 4.90. The van der Waals surface area contributed by atoms with Crippen LogP contribution in [0.15, 0.2) is 66.9 Å². The number of hydrogen-bond donors (Lipinski definition) is 1. The Kier molecular flexibility index (Phi) is 6.13. The predicted molar refractivity (Wildman–Crippen MR) is 109 cm³/mol. The van der Waals surface area contributed by atoms with Gasteiger partial charge in [-0.25, -0.2) is 0 Å². The van der Waals surface area contributed by atoms with E-state index >= 15 is 0 Å². The van der Waals surface area contributed by atoms with Crippen LogP contribution in [-0.2, 0) is 6.54 Å². The number of para-hydroxylation sites is 1. The maximum absolute atomic E-state index is 13.3. The van der Waals surface area contributed by atoms with Crippen molar-refractivity contribution >= 4 is 17.2 Å². The first-order chi connectivity index (χ1) is 13.8. The van der Waals surface area contributed by atoms with Gasteiger partial charge in [0.15, 0.2) is 11.5 Å². The molecule has 0 amide bonds. The summed E-state index contributed by atoms with van der Waals surface area (Å²) in [6.07, 6.45) is 1.69. The van der Waals surface area contributed by atoms with Crippen molar-refractivity contribution < 1.29 is 23.0 Å². The fourth-order valence-corrected chi connectivity index (χ4v) is 3.10. The van der Waals surface area contributed by atoms with Crippen molar-refractivity contribution in [2.45, 2.75) is 19.8 Å². The molecule has 7 heteroatoms. The lowest BCUT2D eigenvalue weighted by atomic mass is 10.0. The first-order valence-corrected chi connectivity index (χ1v) is 9.19. The van der Waals surface area contributed by atoms with Gasteiger partial charge in [-0.05, 0) is 30.7 Å². The Bertz CT molecular complexity index is 986. The van der Waals surface area contributed by atoms with Gasteiger partial charge in [-0.15, -0.1) is 8.78 Å². The topological polar surface area (TPSA) is 39.7 Å². The van der Waals surface area contributed by atoms with Gasteiger partial charge in [0.25, 0.3) is 0 Å². The minimum absolute atomic E-state index is 0.0599. The van der Waals surface area contributed by atoms with E-state index in [-0.39, 0.29) is 16.5 Å². The largest absolute Gasteiger partial charge is 0.586 e. The summed E-state index contributed by atoms with van der Waals surface area (Å²) in [4.78, 5) is 0. The van der Waals surface area contributed by atoms with E-state index in [0.717, 1.165) is 16.9 Å². The van der Waals surface area contributed by atoms with Gasteiger partial charge in [-0.2, -0.15) is 0 Å². The number of ether oxygens (including phenoxy) is 3. The van der Waals surface area contributed by atoms with Crippen LogP contribution in [0.1, 0.15) is 18.1 Å². The molecule has 0 spiro atoms. The molecule has 1 aliphatic heterocycles. The van der Waals surface area contributed by atoms with Gasteiger partial charge in [0.1, 0.15) is 5.75 Å². The van der Waals surface area contributed by atoms with Crippen LogP contribution < -0.4 is 19.5 Å². The quantitative estimate of drug-likeness (QED) is 0.564. The Labute approximate surface area is 173 Å². The van der Waals surface area contributed by atoms with E-state index in [1.807, 2.05) is 37.3 Å².